The number of anilines is 1. The third kappa shape index (κ3) is 3.87. The van der Waals surface area contributed by atoms with Gasteiger partial charge in [-0.25, -0.2) is 0 Å². The maximum Gasteiger partial charge on any atom is 0.319 e. The molecular formula is C17H17ClN4O4. The molecule has 1 saturated heterocycles. The van der Waals surface area contributed by atoms with Gasteiger partial charge in [-0.15, -0.1) is 0 Å². The highest BCUT2D eigenvalue weighted by Gasteiger charge is 2.17. The van der Waals surface area contributed by atoms with Gasteiger partial charge in [0.1, 0.15) is 29.5 Å². The molecule has 3 aromatic heterocycles. The first kappa shape index (κ1) is 17.0. The normalized spacial score (nSPS) is 17.3. The van der Waals surface area contributed by atoms with Crippen molar-refractivity contribution in [3.05, 3.63) is 41.4 Å². The van der Waals surface area contributed by atoms with Crippen molar-refractivity contribution in [2.24, 2.45) is 0 Å². The molecule has 0 spiro atoms. The lowest BCUT2D eigenvalue weighted by molar-refractivity contribution is -0.102. The van der Waals surface area contributed by atoms with E-state index in [9.17, 15) is 0 Å². The highest BCUT2D eigenvalue weighted by Crippen LogP contribution is 2.27. The topological polar surface area (TPSA) is 91.5 Å². The van der Waals surface area contributed by atoms with Crippen LogP contribution in [0, 0.1) is 0 Å². The Labute approximate surface area is 154 Å². The van der Waals surface area contributed by atoms with Crippen LogP contribution in [0.5, 0.6) is 6.01 Å². The molecule has 0 saturated carbocycles. The lowest BCUT2D eigenvalue weighted by Gasteiger charge is -2.22. The number of fused-ring (bicyclic) bond motifs is 1. The number of nitrogens with one attached hydrogen (secondary N) is 1. The summed E-state index contributed by atoms with van der Waals surface area (Å²) < 4.78 is 22.0. The van der Waals surface area contributed by atoms with Gasteiger partial charge in [0.05, 0.1) is 37.7 Å². The molecular weight excluding hydrogens is 360 g/mol. The fourth-order valence-electron chi connectivity index (χ4n) is 2.55. The molecule has 26 heavy (non-hydrogen) atoms. The molecule has 1 aliphatic rings. The number of furan rings is 1. The minimum atomic E-state index is -0.146. The second-order valence-electron chi connectivity index (χ2n) is 5.66. The highest BCUT2D eigenvalue weighted by atomic mass is 35.5. The number of rotatable bonds is 6. The third-order valence-corrected chi connectivity index (χ3v) is 4.11. The Hall–Kier alpha value is -2.42. The second kappa shape index (κ2) is 7.86. The first-order valence-electron chi connectivity index (χ1n) is 8.20. The van der Waals surface area contributed by atoms with Crippen LogP contribution in [0.2, 0.25) is 5.02 Å². The highest BCUT2D eigenvalue weighted by molar-refractivity contribution is 6.35. The van der Waals surface area contributed by atoms with Crippen LogP contribution in [0.4, 0.5) is 5.82 Å². The van der Waals surface area contributed by atoms with Gasteiger partial charge in [0.15, 0.2) is 5.82 Å². The van der Waals surface area contributed by atoms with E-state index in [2.05, 4.69) is 20.3 Å². The van der Waals surface area contributed by atoms with Crippen molar-refractivity contribution < 1.29 is 18.6 Å². The molecule has 4 heterocycles. The Morgan fingerprint density at radius 1 is 1.23 bits per heavy atom. The summed E-state index contributed by atoms with van der Waals surface area (Å²) in [5.41, 5.74) is 1.08. The van der Waals surface area contributed by atoms with Crippen molar-refractivity contribution in [3.8, 4) is 6.01 Å². The van der Waals surface area contributed by atoms with Crippen LogP contribution in [0.15, 0.2) is 35.1 Å². The number of aromatic nitrogens is 3. The summed E-state index contributed by atoms with van der Waals surface area (Å²) in [6.45, 7) is 2.39. The van der Waals surface area contributed by atoms with Crippen LogP contribution in [0.3, 0.4) is 0 Å². The quantitative estimate of drug-likeness (QED) is 0.702. The maximum absolute atomic E-state index is 6.27. The Morgan fingerprint density at radius 3 is 3.00 bits per heavy atom. The minimum Gasteiger partial charge on any atom is -0.467 e. The monoisotopic (exact) mass is 376 g/mol. The molecule has 1 unspecified atom stereocenters. The van der Waals surface area contributed by atoms with E-state index in [-0.39, 0.29) is 12.1 Å². The van der Waals surface area contributed by atoms with Gasteiger partial charge >= 0.3 is 6.01 Å². The molecule has 0 aromatic carbocycles. The molecule has 0 amide bonds. The number of pyridine rings is 1. The number of halogens is 1. The SMILES string of the molecule is Clc1ccnc2c(NCc3ccco3)nc(OCC3COCCO3)nc12. The smallest absolute Gasteiger partial charge is 0.319 e. The zero-order valence-electron chi connectivity index (χ0n) is 13.9. The second-order valence-corrected chi connectivity index (χ2v) is 6.06. The largest absolute Gasteiger partial charge is 0.467 e. The van der Waals surface area contributed by atoms with E-state index in [0.29, 0.717) is 54.8 Å². The Kier molecular flexibility index (Phi) is 5.14. The van der Waals surface area contributed by atoms with Gasteiger partial charge in [-0.2, -0.15) is 9.97 Å². The predicted molar refractivity (Wildman–Crippen MR) is 94.4 cm³/mol. The zero-order chi connectivity index (χ0) is 17.8. The van der Waals surface area contributed by atoms with E-state index < -0.39 is 0 Å². The van der Waals surface area contributed by atoms with Crippen LogP contribution in [0.25, 0.3) is 11.0 Å². The first-order valence-corrected chi connectivity index (χ1v) is 8.58. The van der Waals surface area contributed by atoms with Gasteiger partial charge in [0.2, 0.25) is 0 Å². The lowest BCUT2D eigenvalue weighted by atomic mass is 10.3. The standard InChI is InChI=1S/C17H17ClN4O4/c18-13-3-4-19-15-14(13)21-17(26-10-12-9-23-6-7-25-12)22-16(15)20-8-11-2-1-5-24-11/h1-5,12H,6-10H2,(H,20,21,22). The van der Waals surface area contributed by atoms with Crippen LogP contribution in [-0.4, -0.2) is 47.5 Å². The van der Waals surface area contributed by atoms with E-state index in [1.165, 1.54) is 0 Å². The molecule has 4 rings (SSSR count). The molecule has 8 nitrogen and oxygen atoms in total. The van der Waals surface area contributed by atoms with E-state index >= 15 is 0 Å². The van der Waals surface area contributed by atoms with Crippen LogP contribution >= 0.6 is 11.6 Å². The van der Waals surface area contributed by atoms with Crippen molar-refractivity contribution >= 4 is 28.5 Å². The van der Waals surface area contributed by atoms with Gasteiger partial charge in [0.25, 0.3) is 0 Å². The summed E-state index contributed by atoms with van der Waals surface area (Å²) >= 11 is 6.27. The lowest BCUT2D eigenvalue weighted by Crippen LogP contribution is -2.33. The van der Waals surface area contributed by atoms with Gasteiger partial charge in [-0.3, -0.25) is 4.98 Å². The summed E-state index contributed by atoms with van der Waals surface area (Å²) in [6, 6.07) is 5.57. The molecule has 9 heteroatoms. The molecule has 0 aliphatic carbocycles. The fraction of sp³-hybridized carbons (Fsp3) is 0.353. The van der Waals surface area contributed by atoms with Gasteiger partial charge in [-0.1, -0.05) is 11.6 Å². The molecule has 1 aliphatic heterocycles. The van der Waals surface area contributed by atoms with Crippen LogP contribution in [-0.2, 0) is 16.0 Å². The molecule has 136 valence electrons. The van der Waals surface area contributed by atoms with Crippen molar-refractivity contribution in [2.75, 3.05) is 31.7 Å². The summed E-state index contributed by atoms with van der Waals surface area (Å²) in [5.74, 6) is 1.29. The molecule has 3 aromatic rings. The Morgan fingerprint density at radius 2 is 2.19 bits per heavy atom. The van der Waals surface area contributed by atoms with Gasteiger partial charge in [0, 0.05) is 6.20 Å². The zero-order valence-corrected chi connectivity index (χ0v) is 14.6. The minimum absolute atomic E-state index is 0.146. The van der Waals surface area contributed by atoms with E-state index in [4.69, 9.17) is 30.2 Å². The predicted octanol–water partition coefficient (Wildman–Crippen LogP) is 2.68. The molecule has 1 N–H and O–H groups in total. The summed E-state index contributed by atoms with van der Waals surface area (Å²) in [6.07, 6.45) is 3.08. The van der Waals surface area contributed by atoms with E-state index in [0.717, 1.165) is 5.76 Å². The first-order chi connectivity index (χ1) is 12.8. The van der Waals surface area contributed by atoms with Gasteiger partial charge in [-0.05, 0) is 18.2 Å². The number of hydrogen-bond acceptors (Lipinski definition) is 8. The van der Waals surface area contributed by atoms with Crippen molar-refractivity contribution in [1.29, 1.82) is 0 Å². The summed E-state index contributed by atoms with van der Waals surface area (Å²) in [7, 11) is 0. The number of ether oxygens (including phenoxy) is 3. The van der Waals surface area contributed by atoms with Crippen LogP contribution in [0.1, 0.15) is 5.76 Å². The number of nitrogens with zero attached hydrogens (tertiary/aromatic N) is 3. The fourth-order valence-corrected chi connectivity index (χ4v) is 2.74. The Bertz CT molecular complexity index is 869. The van der Waals surface area contributed by atoms with Crippen LogP contribution < -0.4 is 10.1 Å². The third-order valence-electron chi connectivity index (χ3n) is 3.81. The van der Waals surface area contributed by atoms with Gasteiger partial charge < -0.3 is 23.9 Å². The summed E-state index contributed by atoms with van der Waals surface area (Å²) in [5, 5.41) is 3.67. The molecule has 0 radical (unpaired) electrons. The van der Waals surface area contributed by atoms with E-state index in [1.54, 1.807) is 18.5 Å². The maximum atomic E-state index is 6.27. The van der Waals surface area contributed by atoms with E-state index in [1.807, 2.05) is 12.1 Å². The van der Waals surface area contributed by atoms with Crippen molar-refractivity contribution in [2.45, 2.75) is 12.6 Å². The van der Waals surface area contributed by atoms with Crippen molar-refractivity contribution in [1.82, 2.24) is 15.0 Å². The average molecular weight is 377 g/mol. The average Bonchev–Trinajstić information content (AvgIpc) is 3.19. The summed E-state index contributed by atoms with van der Waals surface area (Å²) in [4.78, 5) is 13.1. The molecule has 0 bridgehead atoms. The Balaban J connectivity index is 1.57. The molecule has 1 fully saturated rings. The number of hydrogen-bond donors (Lipinski definition) is 1. The molecule has 1 atom stereocenters. The van der Waals surface area contributed by atoms with Crippen molar-refractivity contribution in [3.63, 3.8) is 0 Å².